The normalized spacial score (nSPS) is 18.4. The Bertz CT molecular complexity index is 925. The maximum atomic E-state index is 13.9. The number of aryl methyl sites for hydroxylation is 1. The molecule has 0 fully saturated rings. The van der Waals surface area contributed by atoms with E-state index in [0.717, 1.165) is 41.9 Å². The van der Waals surface area contributed by atoms with Gasteiger partial charge in [0, 0.05) is 19.4 Å². The van der Waals surface area contributed by atoms with Gasteiger partial charge in [0.15, 0.2) is 11.7 Å². The number of halogens is 4. The molecule has 1 aliphatic rings. The second kappa shape index (κ2) is 10.1. The summed E-state index contributed by atoms with van der Waals surface area (Å²) in [5.41, 5.74) is 1.54. The highest BCUT2D eigenvalue weighted by Gasteiger charge is 2.47. The Balaban J connectivity index is 1.80. The summed E-state index contributed by atoms with van der Waals surface area (Å²) in [6.45, 7) is 9.41. The van der Waals surface area contributed by atoms with Crippen LogP contribution in [0.4, 0.5) is 19.0 Å². The fourth-order valence-corrected chi connectivity index (χ4v) is 4.24. The standard InChI is InChI=1S/C22H29ClF3N5O/c1-4-30(5-2)12-6-11-27-21(32)19-18(23)20-28-16(15-9-7-14(3)8-10-15)13-17(22(24,25)26)31(20)29-19/h7-10,16-17,28H,4-6,11-13H2,1-3H3,(H,27,32)/p+1/t16-,17-/m0/s1. The zero-order valence-electron chi connectivity index (χ0n) is 18.5. The van der Waals surface area contributed by atoms with Crippen molar-refractivity contribution in [2.24, 2.45) is 0 Å². The lowest BCUT2D eigenvalue weighted by Gasteiger charge is -2.33. The average Bonchev–Trinajstić information content (AvgIpc) is 3.09. The Morgan fingerprint density at radius 3 is 2.53 bits per heavy atom. The van der Waals surface area contributed by atoms with Crippen molar-refractivity contribution >= 4 is 23.3 Å². The number of carbonyl (C=O) groups excluding carboxylic acids is 1. The zero-order chi connectivity index (χ0) is 23.5. The highest BCUT2D eigenvalue weighted by atomic mass is 35.5. The van der Waals surface area contributed by atoms with E-state index in [1.807, 2.05) is 19.1 Å². The Hall–Kier alpha value is -2.26. The molecular formula is C22H30ClF3N5O+. The number of aromatic nitrogens is 2. The van der Waals surface area contributed by atoms with Gasteiger partial charge in [-0.15, -0.1) is 0 Å². The van der Waals surface area contributed by atoms with Gasteiger partial charge in [-0.3, -0.25) is 4.79 Å². The minimum Gasteiger partial charge on any atom is -0.362 e. The molecular weight excluding hydrogens is 443 g/mol. The van der Waals surface area contributed by atoms with E-state index in [2.05, 4.69) is 29.6 Å². The molecule has 0 bridgehead atoms. The number of rotatable bonds is 8. The van der Waals surface area contributed by atoms with Crippen molar-refractivity contribution in [2.45, 2.75) is 51.9 Å². The van der Waals surface area contributed by atoms with Crippen molar-refractivity contribution in [3.8, 4) is 0 Å². The van der Waals surface area contributed by atoms with Gasteiger partial charge in [0.2, 0.25) is 0 Å². The number of alkyl halides is 3. The number of quaternary nitrogens is 1. The van der Waals surface area contributed by atoms with E-state index in [1.54, 1.807) is 12.1 Å². The summed E-state index contributed by atoms with van der Waals surface area (Å²) in [6.07, 6.45) is -4.02. The van der Waals surface area contributed by atoms with Gasteiger partial charge in [0.25, 0.3) is 5.91 Å². The lowest BCUT2D eigenvalue weighted by Crippen LogP contribution is -3.11. The molecule has 2 aromatic rings. The van der Waals surface area contributed by atoms with Crippen molar-refractivity contribution in [3.63, 3.8) is 0 Å². The van der Waals surface area contributed by atoms with Crippen LogP contribution in [0, 0.1) is 6.92 Å². The molecule has 1 amide bonds. The van der Waals surface area contributed by atoms with Crippen LogP contribution in [0.2, 0.25) is 5.02 Å². The number of benzene rings is 1. The molecule has 1 aromatic heterocycles. The number of nitrogens with one attached hydrogen (secondary N) is 3. The summed E-state index contributed by atoms with van der Waals surface area (Å²) < 4.78 is 42.4. The first kappa shape index (κ1) is 24.4. The summed E-state index contributed by atoms with van der Waals surface area (Å²) in [5.74, 6) is -0.551. The van der Waals surface area contributed by atoms with Crippen LogP contribution >= 0.6 is 11.6 Å². The van der Waals surface area contributed by atoms with E-state index in [1.165, 1.54) is 4.90 Å². The maximum Gasteiger partial charge on any atom is 0.410 e. The molecule has 0 saturated carbocycles. The molecule has 0 radical (unpaired) electrons. The SMILES string of the molecule is CC[NH+](CC)CCCNC(=O)c1nn2c(c1Cl)N[C@H](c1ccc(C)cc1)C[C@H]2C(F)(F)F. The van der Waals surface area contributed by atoms with Gasteiger partial charge in [0.1, 0.15) is 10.8 Å². The molecule has 10 heteroatoms. The molecule has 6 nitrogen and oxygen atoms in total. The van der Waals surface area contributed by atoms with Crippen molar-refractivity contribution in [3.05, 3.63) is 46.1 Å². The van der Waals surface area contributed by atoms with Crippen LogP contribution in [0.1, 0.15) is 60.4 Å². The molecule has 0 saturated heterocycles. The minimum absolute atomic E-state index is 0.0172. The maximum absolute atomic E-state index is 13.9. The van der Waals surface area contributed by atoms with Crippen molar-refractivity contribution < 1.29 is 22.9 Å². The van der Waals surface area contributed by atoms with E-state index in [-0.39, 0.29) is 23.0 Å². The predicted molar refractivity (Wildman–Crippen MR) is 118 cm³/mol. The largest absolute Gasteiger partial charge is 0.410 e. The van der Waals surface area contributed by atoms with Crippen LogP contribution in [0.5, 0.6) is 0 Å². The second-order valence-electron chi connectivity index (χ2n) is 8.17. The van der Waals surface area contributed by atoms with Gasteiger partial charge < -0.3 is 15.5 Å². The molecule has 0 aliphatic carbocycles. The molecule has 2 atom stereocenters. The van der Waals surface area contributed by atoms with Crippen LogP contribution in [-0.2, 0) is 0 Å². The number of hydrogen-bond donors (Lipinski definition) is 3. The number of fused-ring (bicyclic) bond motifs is 1. The van der Waals surface area contributed by atoms with Crippen LogP contribution in [0.25, 0.3) is 0 Å². The number of nitrogens with zero attached hydrogens (tertiary/aromatic N) is 2. The molecule has 3 rings (SSSR count). The lowest BCUT2D eigenvalue weighted by atomic mass is 9.96. The van der Waals surface area contributed by atoms with Gasteiger partial charge in [-0.25, -0.2) is 4.68 Å². The Labute approximate surface area is 191 Å². The molecule has 2 heterocycles. The summed E-state index contributed by atoms with van der Waals surface area (Å²) in [7, 11) is 0. The van der Waals surface area contributed by atoms with E-state index < -0.39 is 24.2 Å². The predicted octanol–water partition coefficient (Wildman–Crippen LogP) is 3.55. The quantitative estimate of drug-likeness (QED) is 0.515. The third-order valence-corrected chi connectivity index (χ3v) is 6.34. The molecule has 1 aromatic carbocycles. The van der Waals surface area contributed by atoms with Gasteiger partial charge in [0.05, 0.1) is 25.7 Å². The Morgan fingerprint density at radius 2 is 1.94 bits per heavy atom. The highest BCUT2D eigenvalue weighted by molar-refractivity contribution is 6.36. The fraction of sp³-hybridized carbons (Fsp3) is 0.545. The Morgan fingerprint density at radius 1 is 1.28 bits per heavy atom. The smallest absolute Gasteiger partial charge is 0.362 e. The molecule has 32 heavy (non-hydrogen) atoms. The van der Waals surface area contributed by atoms with Crippen molar-refractivity contribution in [1.82, 2.24) is 15.1 Å². The summed E-state index contributed by atoms with van der Waals surface area (Å²) in [4.78, 5) is 14.0. The Kier molecular flexibility index (Phi) is 7.71. The molecule has 0 unspecified atom stereocenters. The van der Waals surface area contributed by atoms with Crippen molar-refractivity contribution in [2.75, 3.05) is 31.5 Å². The van der Waals surface area contributed by atoms with Gasteiger partial charge in [-0.1, -0.05) is 41.4 Å². The first-order chi connectivity index (χ1) is 15.2. The third-order valence-electron chi connectivity index (χ3n) is 5.98. The molecule has 176 valence electrons. The lowest BCUT2D eigenvalue weighted by molar-refractivity contribution is -0.896. The number of anilines is 1. The number of amides is 1. The van der Waals surface area contributed by atoms with Gasteiger partial charge in [-0.2, -0.15) is 18.3 Å². The molecule has 0 spiro atoms. The molecule has 1 aliphatic heterocycles. The summed E-state index contributed by atoms with van der Waals surface area (Å²) >= 11 is 6.36. The second-order valence-corrected chi connectivity index (χ2v) is 8.55. The first-order valence-corrected chi connectivity index (χ1v) is 11.3. The zero-order valence-corrected chi connectivity index (χ0v) is 19.3. The van der Waals surface area contributed by atoms with Gasteiger partial charge >= 0.3 is 6.18 Å². The third kappa shape index (κ3) is 5.38. The topological polar surface area (TPSA) is 63.4 Å². The van der Waals surface area contributed by atoms with E-state index in [4.69, 9.17) is 11.6 Å². The summed E-state index contributed by atoms with van der Waals surface area (Å²) in [5, 5.41) is 9.67. The monoisotopic (exact) mass is 472 g/mol. The van der Waals surface area contributed by atoms with Crippen molar-refractivity contribution in [1.29, 1.82) is 0 Å². The van der Waals surface area contributed by atoms with E-state index in [0.29, 0.717) is 6.54 Å². The van der Waals surface area contributed by atoms with Crippen LogP contribution in [-0.4, -0.2) is 48.0 Å². The minimum atomic E-state index is -4.53. The number of carbonyl (C=O) groups is 1. The fourth-order valence-electron chi connectivity index (χ4n) is 3.98. The highest BCUT2D eigenvalue weighted by Crippen LogP contribution is 2.46. The van der Waals surface area contributed by atoms with Crippen LogP contribution in [0.15, 0.2) is 24.3 Å². The summed E-state index contributed by atoms with van der Waals surface area (Å²) in [6, 6.07) is 4.82. The average molecular weight is 473 g/mol. The number of hydrogen-bond acceptors (Lipinski definition) is 3. The molecule has 3 N–H and O–H groups in total. The first-order valence-electron chi connectivity index (χ1n) is 10.9. The van der Waals surface area contributed by atoms with Crippen LogP contribution in [0.3, 0.4) is 0 Å². The van der Waals surface area contributed by atoms with E-state index >= 15 is 0 Å². The van der Waals surface area contributed by atoms with Gasteiger partial charge in [-0.05, 0) is 26.3 Å². The van der Waals surface area contributed by atoms with E-state index in [9.17, 15) is 18.0 Å². The van der Waals surface area contributed by atoms with Crippen LogP contribution < -0.4 is 15.5 Å².